The van der Waals surface area contributed by atoms with Crippen LogP contribution in [0.5, 0.6) is 0 Å². The van der Waals surface area contributed by atoms with E-state index >= 15 is 0 Å². The summed E-state index contributed by atoms with van der Waals surface area (Å²) in [6, 6.07) is 9.45. The molecule has 0 aliphatic carbocycles. The van der Waals surface area contributed by atoms with Gasteiger partial charge in [-0.3, -0.25) is 14.9 Å². The number of nitrogens with zero attached hydrogens (tertiary/aromatic N) is 3. The smallest absolute Gasteiger partial charge is 0.269 e. The molecule has 25 heavy (non-hydrogen) atoms. The number of carbonyl (C=O) groups excluding carboxylic acids is 1. The third-order valence-corrected chi connectivity index (χ3v) is 3.58. The number of non-ortho nitro benzene ring substituents is 1. The highest BCUT2D eigenvalue weighted by molar-refractivity contribution is 5.82. The van der Waals surface area contributed by atoms with Crippen molar-refractivity contribution < 1.29 is 14.1 Å². The minimum atomic E-state index is -0.482. The molecule has 1 heterocycles. The van der Waals surface area contributed by atoms with Crippen LogP contribution >= 0.6 is 0 Å². The maximum atomic E-state index is 11.8. The highest BCUT2D eigenvalue weighted by atomic mass is 16.6. The molecule has 132 valence electrons. The average molecular weight is 344 g/mol. The first kappa shape index (κ1) is 18.2. The van der Waals surface area contributed by atoms with Crippen LogP contribution in [-0.2, 0) is 11.2 Å². The van der Waals surface area contributed by atoms with Gasteiger partial charge in [-0.05, 0) is 25.5 Å². The molecule has 1 aromatic carbocycles. The molecule has 0 fully saturated rings. The van der Waals surface area contributed by atoms with Gasteiger partial charge in [0.05, 0.1) is 17.6 Å². The van der Waals surface area contributed by atoms with Crippen LogP contribution in [-0.4, -0.2) is 30.1 Å². The van der Waals surface area contributed by atoms with Crippen molar-refractivity contribution >= 4 is 23.7 Å². The molecule has 0 aliphatic rings. The van der Waals surface area contributed by atoms with Crippen molar-refractivity contribution in [2.75, 3.05) is 18.0 Å². The van der Waals surface area contributed by atoms with Gasteiger partial charge in [0.2, 0.25) is 5.91 Å². The van der Waals surface area contributed by atoms with Crippen LogP contribution in [0.3, 0.4) is 0 Å². The molecule has 1 N–H and O–H groups in total. The second-order valence-corrected chi connectivity index (χ2v) is 5.24. The van der Waals surface area contributed by atoms with Crippen molar-refractivity contribution in [1.82, 2.24) is 5.43 Å². The van der Waals surface area contributed by atoms with Crippen LogP contribution in [0.4, 0.5) is 11.6 Å². The van der Waals surface area contributed by atoms with Crippen LogP contribution in [0, 0.1) is 10.1 Å². The summed E-state index contributed by atoms with van der Waals surface area (Å²) in [6.07, 6.45) is 1.51. The summed E-state index contributed by atoms with van der Waals surface area (Å²) >= 11 is 0. The predicted octanol–water partition coefficient (Wildman–Crippen LogP) is 2.73. The largest absolute Gasteiger partial charge is 0.440 e. The summed E-state index contributed by atoms with van der Waals surface area (Å²) in [7, 11) is 0. The fourth-order valence-corrected chi connectivity index (χ4v) is 2.25. The Kier molecular flexibility index (Phi) is 6.27. The van der Waals surface area contributed by atoms with Gasteiger partial charge in [0.15, 0.2) is 5.88 Å². The second-order valence-electron chi connectivity index (χ2n) is 5.24. The Morgan fingerprint density at radius 3 is 2.52 bits per heavy atom. The van der Waals surface area contributed by atoms with Crippen molar-refractivity contribution in [2.24, 2.45) is 5.10 Å². The number of hydrogen-bond acceptors (Lipinski definition) is 6. The van der Waals surface area contributed by atoms with Gasteiger partial charge in [-0.25, -0.2) is 5.43 Å². The SMILES string of the molecule is CCN(CC)c1ccc(C=NNC(=O)Cc2ccc([N+](=O)[O-])cc2)o1. The zero-order valence-electron chi connectivity index (χ0n) is 14.1. The normalized spacial score (nSPS) is 10.8. The summed E-state index contributed by atoms with van der Waals surface area (Å²) in [5.41, 5.74) is 3.06. The highest BCUT2D eigenvalue weighted by Crippen LogP contribution is 2.17. The molecule has 0 spiro atoms. The molecule has 0 radical (unpaired) electrons. The topological polar surface area (TPSA) is 101 Å². The third kappa shape index (κ3) is 5.17. The van der Waals surface area contributed by atoms with Gasteiger partial charge in [-0.1, -0.05) is 12.1 Å². The lowest BCUT2D eigenvalue weighted by atomic mass is 10.1. The van der Waals surface area contributed by atoms with Gasteiger partial charge in [0.1, 0.15) is 5.76 Å². The number of hydrazone groups is 1. The van der Waals surface area contributed by atoms with E-state index in [1.807, 2.05) is 19.9 Å². The molecule has 0 aliphatic heterocycles. The highest BCUT2D eigenvalue weighted by Gasteiger charge is 2.08. The van der Waals surface area contributed by atoms with Crippen LogP contribution in [0.1, 0.15) is 25.2 Å². The van der Waals surface area contributed by atoms with Gasteiger partial charge >= 0.3 is 0 Å². The first-order chi connectivity index (χ1) is 12.0. The number of hydrogen-bond donors (Lipinski definition) is 1. The average Bonchev–Trinajstić information content (AvgIpc) is 3.05. The molecule has 8 nitrogen and oxygen atoms in total. The Morgan fingerprint density at radius 1 is 1.24 bits per heavy atom. The van der Waals surface area contributed by atoms with E-state index in [0.29, 0.717) is 11.3 Å². The van der Waals surface area contributed by atoms with E-state index in [4.69, 9.17) is 4.42 Å². The van der Waals surface area contributed by atoms with E-state index in [0.717, 1.165) is 19.0 Å². The zero-order valence-corrected chi connectivity index (χ0v) is 14.1. The summed E-state index contributed by atoms with van der Waals surface area (Å²) < 4.78 is 5.62. The standard InChI is InChI=1S/C17H20N4O4/c1-3-20(4-2)17-10-9-15(25-17)12-18-19-16(22)11-13-5-7-14(8-6-13)21(23)24/h5-10,12H,3-4,11H2,1-2H3,(H,19,22). The molecule has 2 aromatic rings. The summed E-state index contributed by atoms with van der Waals surface area (Å²) in [5, 5.41) is 14.5. The van der Waals surface area contributed by atoms with Crippen LogP contribution in [0.25, 0.3) is 0 Å². The maximum Gasteiger partial charge on any atom is 0.269 e. The minimum absolute atomic E-state index is 0.0102. The minimum Gasteiger partial charge on any atom is -0.440 e. The number of anilines is 1. The van der Waals surface area contributed by atoms with E-state index in [-0.39, 0.29) is 18.0 Å². The molecule has 8 heteroatoms. The third-order valence-electron chi connectivity index (χ3n) is 3.58. The first-order valence-corrected chi connectivity index (χ1v) is 7.93. The van der Waals surface area contributed by atoms with Gasteiger partial charge in [-0.2, -0.15) is 5.10 Å². The molecule has 1 amide bonds. The Balaban J connectivity index is 1.87. The summed E-state index contributed by atoms with van der Waals surface area (Å²) in [4.78, 5) is 24.0. The van der Waals surface area contributed by atoms with Crippen LogP contribution in [0.2, 0.25) is 0 Å². The van der Waals surface area contributed by atoms with Gasteiger partial charge < -0.3 is 9.32 Å². The molecule has 2 rings (SSSR count). The summed E-state index contributed by atoms with van der Waals surface area (Å²) in [5.74, 6) is 0.974. The van der Waals surface area contributed by atoms with E-state index in [2.05, 4.69) is 15.4 Å². The Hall–Kier alpha value is -3.16. The number of amides is 1. The molecular formula is C17H20N4O4. The number of carbonyl (C=O) groups is 1. The van der Waals surface area contributed by atoms with Crippen molar-refractivity contribution in [3.05, 3.63) is 57.8 Å². The fraction of sp³-hybridized carbons (Fsp3) is 0.294. The molecule has 0 unspecified atom stereocenters. The van der Waals surface area contributed by atoms with Crippen molar-refractivity contribution in [3.63, 3.8) is 0 Å². The van der Waals surface area contributed by atoms with E-state index in [1.165, 1.54) is 18.3 Å². The molecule has 0 bridgehead atoms. The van der Waals surface area contributed by atoms with Gasteiger partial charge in [0, 0.05) is 31.3 Å². The number of nitro groups is 1. The Bertz CT molecular complexity index is 748. The number of furan rings is 1. The van der Waals surface area contributed by atoms with Gasteiger partial charge in [-0.15, -0.1) is 0 Å². The number of benzene rings is 1. The van der Waals surface area contributed by atoms with Crippen molar-refractivity contribution in [2.45, 2.75) is 20.3 Å². The first-order valence-electron chi connectivity index (χ1n) is 7.93. The zero-order chi connectivity index (χ0) is 18.2. The Morgan fingerprint density at radius 2 is 1.92 bits per heavy atom. The number of nitrogens with one attached hydrogen (secondary N) is 1. The van der Waals surface area contributed by atoms with E-state index in [1.54, 1.807) is 18.2 Å². The number of nitro benzene ring substituents is 1. The molecular weight excluding hydrogens is 324 g/mol. The van der Waals surface area contributed by atoms with E-state index in [9.17, 15) is 14.9 Å². The lowest BCUT2D eigenvalue weighted by Crippen LogP contribution is -2.21. The van der Waals surface area contributed by atoms with Crippen molar-refractivity contribution in [3.8, 4) is 0 Å². The van der Waals surface area contributed by atoms with E-state index < -0.39 is 4.92 Å². The van der Waals surface area contributed by atoms with Crippen LogP contribution < -0.4 is 10.3 Å². The van der Waals surface area contributed by atoms with Crippen molar-refractivity contribution in [1.29, 1.82) is 0 Å². The number of rotatable bonds is 8. The maximum absolute atomic E-state index is 11.8. The molecule has 0 atom stereocenters. The second kappa shape index (κ2) is 8.62. The Labute approximate surface area is 145 Å². The lowest BCUT2D eigenvalue weighted by Gasteiger charge is -2.16. The molecule has 0 saturated carbocycles. The molecule has 0 saturated heterocycles. The molecule has 1 aromatic heterocycles. The quantitative estimate of drug-likeness (QED) is 0.451. The summed E-state index contributed by atoms with van der Waals surface area (Å²) in [6.45, 7) is 5.76. The fourth-order valence-electron chi connectivity index (χ4n) is 2.25. The monoisotopic (exact) mass is 344 g/mol. The predicted molar refractivity (Wildman–Crippen MR) is 94.8 cm³/mol. The lowest BCUT2D eigenvalue weighted by molar-refractivity contribution is -0.384. The van der Waals surface area contributed by atoms with Gasteiger partial charge in [0.25, 0.3) is 5.69 Å². The van der Waals surface area contributed by atoms with Crippen LogP contribution in [0.15, 0.2) is 45.9 Å².